The predicted octanol–water partition coefficient (Wildman–Crippen LogP) is 18.1. The van der Waals surface area contributed by atoms with Crippen molar-refractivity contribution in [2.75, 3.05) is 13.2 Å². The number of aliphatic carboxylic acids is 1. The van der Waals surface area contributed by atoms with Gasteiger partial charge in [-0.25, -0.2) is 4.79 Å². The Hall–Kier alpha value is -5.14. The molecule has 1 heterocycles. The van der Waals surface area contributed by atoms with Crippen LogP contribution in [0.4, 0.5) is 0 Å². The molecule has 3 N–H and O–H groups in total. The Labute approximate surface area is 515 Å². The third-order valence-corrected chi connectivity index (χ3v) is 14.2. The zero-order valence-electron chi connectivity index (χ0n) is 53.1. The van der Waals surface area contributed by atoms with E-state index in [-0.39, 0.29) is 25.9 Å². The van der Waals surface area contributed by atoms with Crippen LogP contribution in [0.5, 0.6) is 0 Å². The molecule has 1 aliphatic heterocycles. The third kappa shape index (κ3) is 48.6. The lowest BCUT2D eigenvalue weighted by molar-refractivity contribution is -0.301. The molecule has 0 radical (unpaired) electrons. The lowest BCUT2D eigenvalue weighted by atomic mass is 9.98. The molecule has 85 heavy (non-hydrogen) atoms. The average Bonchev–Trinajstić information content (AvgIpc) is 3.46. The highest BCUT2D eigenvalue weighted by atomic mass is 16.7. The molecule has 0 saturated carbocycles. The van der Waals surface area contributed by atoms with Crippen LogP contribution in [-0.4, -0.2) is 89.2 Å². The van der Waals surface area contributed by atoms with Gasteiger partial charge in [-0.15, -0.1) is 0 Å². The molecule has 0 spiro atoms. The van der Waals surface area contributed by atoms with Crippen molar-refractivity contribution in [2.45, 2.75) is 289 Å². The maximum absolute atomic E-state index is 13.2. The van der Waals surface area contributed by atoms with Gasteiger partial charge >= 0.3 is 23.9 Å². The molecule has 0 aliphatic carbocycles. The number of rotatable bonds is 55. The molecule has 1 fully saturated rings. The number of hydrogen-bond donors (Lipinski definition) is 3. The Morgan fingerprint density at radius 3 is 1.16 bits per heavy atom. The van der Waals surface area contributed by atoms with E-state index in [1.54, 1.807) is 0 Å². The fraction of sp³-hybridized carbons (Fsp3) is 0.644. The number of carbonyl (C=O) groups excluding carboxylic acids is 3. The predicted molar refractivity (Wildman–Crippen MR) is 349 cm³/mol. The van der Waals surface area contributed by atoms with Crippen LogP contribution in [0.15, 0.2) is 134 Å². The number of aliphatic hydroxyl groups excluding tert-OH is 2. The van der Waals surface area contributed by atoms with Gasteiger partial charge in [0.15, 0.2) is 24.6 Å². The van der Waals surface area contributed by atoms with Gasteiger partial charge in [0.1, 0.15) is 18.8 Å². The molecular formula is C73H116O12. The van der Waals surface area contributed by atoms with E-state index in [1.165, 1.54) is 96.3 Å². The van der Waals surface area contributed by atoms with Crippen LogP contribution in [0.3, 0.4) is 0 Å². The van der Waals surface area contributed by atoms with E-state index in [9.17, 15) is 34.5 Å². The summed E-state index contributed by atoms with van der Waals surface area (Å²) in [6.07, 6.45) is 71.5. The number of carboxylic acid groups (broad SMARTS) is 1. The Morgan fingerprint density at radius 1 is 0.400 bits per heavy atom. The summed E-state index contributed by atoms with van der Waals surface area (Å²) in [5.41, 5.74) is 0. The van der Waals surface area contributed by atoms with Crippen molar-refractivity contribution >= 4 is 23.9 Å². The van der Waals surface area contributed by atoms with Crippen LogP contribution in [0.25, 0.3) is 0 Å². The Kier molecular flexibility index (Phi) is 54.2. The van der Waals surface area contributed by atoms with Crippen molar-refractivity contribution in [3.05, 3.63) is 134 Å². The number of aliphatic hydroxyl groups is 2. The minimum Gasteiger partial charge on any atom is -0.479 e. The summed E-state index contributed by atoms with van der Waals surface area (Å²) in [5, 5.41) is 31.6. The van der Waals surface area contributed by atoms with E-state index in [0.29, 0.717) is 25.7 Å². The lowest BCUT2D eigenvalue weighted by Crippen LogP contribution is -2.61. The second-order valence-corrected chi connectivity index (χ2v) is 22.0. The Balaban J connectivity index is 2.74. The molecule has 480 valence electrons. The van der Waals surface area contributed by atoms with E-state index >= 15 is 0 Å². The molecule has 0 aromatic carbocycles. The topological polar surface area (TPSA) is 175 Å². The van der Waals surface area contributed by atoms with E-state index in [4.69, 9.17) is 23.7 Å². The summed E-state index contributed by atoms with van der Waals surface area (Å²) >= 11 is 0. The lowest BCUT2D eigenvalue weighted by Gasteiger charge is -2.40. The van der Waals surface area contributed by atoms with Gasteiger partial charge in [0, 0.05) is 19.3 Å². The van der Waals surface area contributed by atoms with Gasteiger partial charge in [-0.3, -0.25) is 14.4 Å². The molecule has 1 aliphatic rings. The second kappa shape index (κ2) is 59.2. The summed E-state index contributed by atoms with van der Waals surface area (Å²) in [6, 6.07) is 0. The van der Waals surface area contributed by atoms with E-state index in [1.807, 2.05) is 24.3 Å². The standard InChI is InChI=1S/C73H116O12/c1-4-7-10-13-16-19-22-25-28-31-33-36-38-41-44-47-50-53-56-59-65(74)81-62-64(83-66(75)60-57-54-51-48-45-42-40-37-34-32-29-26-23-20-17-14-11-8-5-2)63-82-73-71(69(78)68(77)70(85-73)72(79)80)84-67(76)61-58-55-52-49-46-43-39-35-30-27-24-21-18-15-12-9-6-3/h7,9-10,12,16,18-19,21,25,27-28,30,33,36,39,41,43-44,49-50,52-53,64,68-71,73,77-78H,4-6,8,11,13-15,17,20,22-24,26,29,31-32,34-35,37-38,40,42,45-48,51,54-63H2,1-3H3,(H,79,80)/b10-7-,12-9-,19-16-,21-18-,28-25-,30-27-,36-33-,43-39-,44-41-,52-49-,53-50-. The van der Waals surface area contributed by atoms with Crippen LogP contribution >= 0.6 is 0 Å². The van der Waals surface area contributed by atoms with Crippen LogP contribution in [0, 0.1) is 0 Å². The van der Waals surface area contributed by atoms with Gasteiger partial charge in [-0.2, -0.15) is 0 Å². The van der Waals surface area contributed by atoms with Crippen LogP contribution < -0.4 is 0 Å². The number of carbonyl (C=O) groups is 4. The number of allylic oxidation sites excluding steroid dienone is 22. The monoisotopic (exact) mass is 1180 g/mol. The molecule has 0 aromatic heterocycles. The largest absolute Gasteiger partial charge is 0.479 e. The van der Waals surface area contributed by atoms with Crippen molar-refractivity contribution in [3.63, 3.8) is 0 Å². The van der Waals surface area contributed by atoms with E-state index < -0.39 is 67.3 Å². The van der Waals surface area contributed by atoms with Crippen molar-refractivity contribution in [1.29, 1.82) is 0 Å². The maximum Gasteiger partial charge on any atom is 0.335 e. The number of unbranched alkanes of at least 4 members (excludes halogenated alkanes) is 19. The molecule has 1 saturated heterocycles. The number of esters is 3. The van der Waals surface area contributed by atoms with Gasteiger partial charge in [0.25, 0.3) is 0 Å². The van der Waals surface area contributed by atoms with Crippen LogP contribution in [-0.2, 0) is 42.9 Å². The van der Waals surface area contributed by atoms with Crippen molar-refractivity contribution in [2.24, 2.45) is 0 Å². The maximum atomic E-state index is 13.2. The minimum absolute atomic E-state index is 0.0308. The molecule has 6 unspecified atom stereocenters. The van der Waals surface area contributed by atoms with Crippen LogP contribution in [0.2, 0.25) is 0 Å². The number of ether oxygens (including phenoxy) is 5. The first kappa shape index (κ1) is 77.9. The number of carboxylic acids is 1. The molecule has 12 heteroatoms. The highest BCUT2D eigenvalue weighted by Gasteiger charge is 2.50. The third-order valence-electron chi connectivity index (χ3n) is 14.2. The van der Waals surface area contributed by atoms with Gasteiger partial charge in [-0.1, -0.05) is 270 Å². The summed E-state index contributed by atoms with van der Waals surface area (Å²) < 4.78 is 28.4. The zero-order chi connectivity index (χ0) is 61.7. The normalized spacial score (nSPS) is 18.3. The first-order valence-corrected chi connectivity index (χ1v) is 33.2. The Morgan fingerprint density at radius 2 is 0.765 bits per heavy atom. The summed E-state index contributed by atoms with van der Waals surface area (Å²) in [4.78, 5) is 51.3. The second-order valence-electron chi connectivity index (χ2n) is 22.0. The SMILES string of the molecule is CC/C=C\C/C=C\C/C=C\C/C=C\C/C=C\C/C=C\CCC(=O)OCC(COC1OC(C(=O)O)C(O)C(O)C1OC(=O)CCC/C=C\C/C=C\C/C=C\C/C=C\C/C=C\CC)OC(=O)CCCCCCCCCCCCCCCCCCCCC. The molecule has 0 amide bonds. The molecule has 12 nitrogen and oxygen atoms in total. The highest BCUT2D eigenvalue weighted by Crippen LogP contribution is 2.26. The van der Waals surface area contributed by atoms with Crippen LogP contribution in [0.1, 0.15) is 252 Å². The van der Waals surface area contributed by atoms with Crippen molar-refractivity contribution in [1.82, 2.24) is 0 Å². The van der Waals surface area contributed by atoms with Gasteiger partial charge in [0.05, 0.1) is 6.61 Å². The fourth-order valence-corrected chi connectivity index (χ4v) is 9.25. The van der Waals surface area contributed by atoms with Crippen molar-refractivity contribution < 1.29 is 58.2 Å². The van der Waals surface area contributed by atoms with E-state index in [0.717, 1.165) is 89.9 Å². The highest BCUT2D eigenvalue weighted by molar-refractivity contribution is 5.74. The first-order valence-electron chi connectivity index (χ1n) is 33.2. The summed E-state index contributed by atoms with van der Waals surface area (Å²) in [5.74, 6) is -3.31. The Bertz CT molecular complexity index is 1990. The molecule has 6 atom stereocenters. The van der Waals surface area contributed by atoms with Gasteiger partial charge in [-0.05, 0) is 96.3 Å². The number of hydrogen-bond acceptors (Lipinski definition) is 11. The zero-order valence-corrected chi connectivity index (χ0v) is 53.1. The van der Waals surface area contributed by atoms with Gasteiger partial charge < -0.3 is 39.0 Å². The molecular weight excluding hydrogens is 1070 g/mol. The van der Waals surface area contributed by atoms with Gasteiger partial charge in [0.2, 0.25) is 0 Å². The summed E-state index contributed by atoms with van der Waals surface area (Å²) in [7, 11) is 0. The smallest absolute Gasteiger partial charge is 0.335 e. The fourth-order valence-electron chi connectivity index (χ4n) is 9.25. The molecule has 0 aromatic rings. The van der Waals surface area contributed by atoms with E-state index in [2.05, 4.69) is 130 Å². The summed E-state index contributed by atoms with van der Waals surface area (Å²) in [6.45, 7) is 5.70. The van der Waals surface area contributed by atoms with Crippen molar-refractivity contribution in [3.8, 4) is 0 Å². The quantitative estimate of drug-likeness (QED) is 0.0228. The molecule has 1 rings (SSSR count). The first-order chi connectivity index (χ1) is 41.6. The minimum atomic E-state index is -1.94. The molecule has 0 bridgehead atoms. The average molecular weight is 1190 g/mol.